The van der Waals surface area contributed by atoms with Crippen molar-refractivity contribution in [2.75, 3.05) is 10.6 Å². The number of fused-ring (bicyclic) bond motifs is 1. The van der Waals surface area contributed by atoms with Gasteiger partial charge in [0.05, 0.1) is 16.9 Å². The minimum atomic E-state index is -0.555. The molecule has 0 fully saturated rings. The Kier molecular flexibility index (Phi) is 4.91. The molecule has 2 amide bonds. The van der Waals surface area contributed by atoms with Crippen LogP contribution in [0.3, 0.4) is 0 Å². The Balaban J connectivity index is 1.49. The van der Waals surface area contributed by atoms with Crippen molar-refractivity contribution in [3.8, 4) is 22.7 Å². The zero-order chi connectivity index (χ0) is 22.1. The summed E-state index contributed by atoms with van der Waals surface area (Å²) < 4.78 is 7.27. The molecule has 5 rings (SSSR count). The largest absolute Gasteiger partial charge is 0.479 e. The summed E-state index contributed by atoms with van der Waals surface area (Å²) in [4.78, 5) is 25.2. The maximum atomic E-state index is 13.3. The van der Waals surface area contributed by atoms with Crippen molar-refractivity contribution in [1.82, 2.24) is 9.78 Å². The molecule has 2 N–H and O–H groups in total. The minimum absolute atomic E-state index is 0.225. The maximum Gasteiger partial charge on any atom is 0.265 e. The Morgan fingerprint density at radius 3 is 2.50 bits per heavy atom. The number of hydrogen-bond acceptors (Lipinski definition) is 4. The number of carbonyl (C=O) groups excluding carboxylic acids is 2. The zero-order valence-corrected chi connectivity index (χ0v) is 17.3. The minimum Gasteiger partial charge on any atom is -0.479 e. The molecule has 0 unspecified atom stereocenters. The van der Waals surface area contributed by atoms with Crippen molar-refractivity contribution in [2.45, 2.75) is 13.0 Å². The molecule has 0 radical (unpaired) electrons. The van der Waals surface area contributed by atoms with Gasteiger partial charge in [-0.15, -0.1) is 0 Å². The van der Waals surface area contributed by atoms with E-state index in [0.717, 1.165) is 11.3 Å². The first-order chi connectivity index (χ1) is 15.6. The fraction of sp³-hybridized carbons (Fsp3) is 0.0800. The van der Waals surface area contributed by atoms with Crippen molar-refractivity contribution < 1.29 is 14.3 Å². The first-order valence-corrected chi connectivity index (χ1v) is 10.2. The molecule has 1 aromatic heterocycles. The first kappa shape index (κ1) is 19.6. The van der Waals surface area contributed by atoms with Crippen LogP contribution in [0.25, 0.3) is 16.9 Å². The van der Waals surface area contributed by atoms with Crippen molar-refractivity contribution in [2.24, 2.45) is 0 Å². The van der Waals surface area contributed by atoms with Gasteiger partial charge < -0.3 is 15.4 Å². The van der Waals surface area contributed by atoms with Gasteiger partial charge in [-0.2, -0.15) is 5.10 Å². The predicted molar refractivity (Wildman–Crippen MR) is 122 cm³/mol. The van der Waals surface area contributed by atoms with Gasteiger partial charge in [-0.1, -0.05) is 48.5 Å². The molecule has 2 heterocycles. The van der Waals surface area contributed by atoms with Gasteiger partial charge in [0.2, 0.25) is 0 Å². The molecule has 4 aromatic rings. The molecule has 0 saturated carbocycles. The second kappa shape index (κ2) is 8.03. The van der Waals surface area contributed by atoms with Gasteiger partial charge in [0, 0.05) is 17.4 Å². The van der Waals surface area contributed by atoms with Gasteiger partial charge in [0.15, 0.2) is 6.10 Å². The number of anilines is 2. The number of benzene rings is 3. The Labute approximate surface area is 184 Å². The lowest BCUT2D eigenvalue weighted by Gasteiger charge is -2.23. The summed E-state index contributed by atoms with van der Waals surface area (Å²) in [5.74, 6) is 0.0378. The number of amides is 2. The number of nitrogens with zero attached hydrogens (tertiary/aromatic N) is 2. The molecule has 3 aromatic carbocycles. The highest BCUT2D eigenvalue weighted by Crippen LogP contribution is 2.32. The number of ether oxygens (including phenoxy) is 1. The van der Waals surface area contributed by atoms with Crippen LogP contribution in [-0.2, 0) is 4.79 Å². The van der Waals surface area contributed by atoms with Gasteiger partial charge in [0.25, 0.3) is 11.8 Å². The predicted octanol–water partition coefficient (Wildman–Crippen LogP) is 4.51. The summed E-state index contributed by atoms with van der Waals surface area (Å²) in [5.41, 5.74) is 3.77. The molecule has 0 spiro atoms. The van der Waals surface area contributed by atoms with Gasteiger partial charge >= 0.3 is 0 Å². The van der Waals surface area contributed by atoms with E-state index in [2.05, 4.69) is 15.7 Å². The van der Waals surface area contributed by atoms with Crippen molar-refractivity contribution in [3.05, 3.63) is 90.6 Å². The second-order valence-electron chi connectivity index (χ2n) is 7.45. The van der Waals surface area contributed by atoms with E-state index in [-0.39, 0.29) is 11.8 Å². The molecular formula is C25H20N4O3. The van der Waals surface area contributed by atoms with E-state index in [0.29, 0.717) is 28.4 Å². The van der Waals surface area contributed by atoms with Crippen LogP contribution < -0.4 is 15.4 Å². The third-order valence-electron chi connectivity index (χ3n) is 5.20. The summed E-state index contributed by atoms with van der Waals surface area (Å²) in [6.07, 6.45) is 1.16. The molecule has 7 heteroatoms. The van der Waals surface area contributed by atoms with E-state index in [1.54, 1.807) is 36.0 Å². The van der Waals surface area contributed by atoms with E-state index in [1.807, 2.05) is 60.7 Å². The van der Waals surface area contributed by atoms with Gasteiger partial charge in [-0.3, -0.25) is 9.59 Å². The van der Waals surface area contributed by atoms with Gasteiger partial charge in [-0.25, -0.2) is 4.68 Å². The lowest BCUT2D eigenvalue weighted by molar-refractivity contribution is -0.122. The third kappa shape index (κ3) is 3.72. The normalized spacial score (nSPS) is 14.8. The Bertz CT molecular complexity index is 1300. The Morgan fingerprint density at radius 2 is 1.75 bits per heavy atom. The molecule has 7 nitrogen and oxygen atoms in total. The highest BCUT2D eigenvalue weighted by molar-refractivity contribution is 6.08. The van der Waals surface area contributed by atoms with Crippen LogP contribution in [0.1, 0.15) is 17.3 Å². The summed E-state index contributed by atoms with van der Waals surface area (Å²) in [7, 11) is 0. The average Bonchev–Trinajstić information content (AvgIpc) is 3.27. The summed E-state index contributed by atoms with van der Waals surface area (Å²) in [6.45, 7) is 1.68. The van der Waals surface area contributed by atoms with Gasteiger partial charge in [-0.05, 0) is 37.3 Å². The summed E-state index contributed by atoms with van der Waals surface area (Å²) >= 11 is 0. The van der Waals surface area contributed by atoms with Crippen LogP contribution in [0.5, 0.6) is 5.75 Å². The Hall–Kier alpha value is -4.39. The molecule has 1 aliphatic heterocycles. The summed E-state index contributed by atoms with van der Waals surface area (Å²) in [5, 5.41) is 10.4. The highest BCUT2D eigenvalue weighted by atomic mass is 16.5. The fourth-order valence-electron chi connectivity index (χ4n) is 3.55. The number of para-hydroxylation sites is 1. The highest BCUT2D eigenvalue weighted by Gasteiger charge is 2.24. The first-order valence-electron chi connectivity index (χ1n) is 10.2. The van der Waals surface area contributed by atoms with Crippen LogP contribution in [0.15, 0.2) is 85.1 Å². The third-order valence-corrected chi connectivity index (χ3v) is 5.20. The van der Waals surface area contributed by atoms with Crippen LogP contribution in [0, 0.1) is 0 Å². The standard InChI is InChI=1S/C25H20N4O3/c1-16-24(30)27-21-14-18(12-13-22(21)32-16)26-25(31)20-15-29(19-10-6-3-7-11-19)28-23(20)17-8-4-2-5-9-17/h2-16H,1H3,(H,26,31)(H,27,30)/t16-/m1/s1. The van der Waals surface area contributed by atoms with Crippen LogP contribution >= 0.6 is 0 Å². The molecule has 0 aliphatic carbocycles. The molecular weight excluding hydrogens is 404 g/mol. The van der Waals surface area contributed by atoms with E-state index in [1.165, 1.54) is 0 Å². The maximum absolute atomic E-state index is 13.3. The zero-order valence-electron chi connectivity index (χ0n) is 17.3. The molecule has 158 valence electrons. The van der Waals surface area contributed by atoms with Crippen molar-refractivity contribution in [3.63, 3.8) is 0 Å². The van der Waals surface area contributed by atoms with E-state index in [4.69, 9.17) is 4.74 Å². The number of aromatic nitrogens is 2. The quantitative estimate of drug-likeness (QED) is 0.505. The number of nitrogens with one attached hydrogen (secondary N) is 2. The number of rotatable bonds is 4. The SMILES string of the molecule is C[C@H]1Oc2ccc(NC(=O)c3cn(-c4ccccc4)nc3-c3ccccc3)cc2NC1=O. The Morgan fingerprint density at radius 1 is 1.03 bits per heavy atom. The molecule has 0 bridgehead atoms. The number of carbonyl (C=O) groups is 2. The van der Waals surface area contributed by atoms with E-state index in [9.17, 15) is 9.59 Å². The monoisotopic (exact) mass is 424 g/mol. The summed E-state index contributed by atoms with van der Waals surface area (Å²) in [6, 6.07) is 24.3. The van der Waals surface area contributed by atoms with Crippen LogP contribution in [0.4, 0.5) is 11.4 Å². The van der Waals surface area contributed by atoms with Crippen LogP contribution in [-0.4, -0.2) is 27.7 Å². The average molecular weight is 424 g/mol. The topological polar surface area (TPSA) is 85.2 Å². The molecule has 32 heavy (non-hydrogen) atoms. The van der Waals surface area contributed by atoms with Crippen molar-refractivity contribution in [1.29, 1.82) is 0 Å². The molecule has 1 atom stereocenters. The molecule has 0 saturated heterocycles. The fourth-order valence-corrected chi connectivity index (χ4v) is 3.55. The van der Waals surface area contributed by atoms with E-state index >= 15 is 0 Å². The lowest BCUT2D eigenvalue weighted by atomic mass is 10.1. The molecule has 1 aliphatic rings. The smallest absolute Gasteiger partial charge is 0.265 e. The second-order valence-corrected chi connectivity index (χ2v) is 7.45. The van der Waals surface area contributed by atoms with Crippen LogP contribution in [0.2, 0.25) is 0 Å². The van der Waals surface area contributed by atoms with Crippen molar-refractivity contribution >= 4 is 23.2 Å². The van der Waals surface area contributed by atoms with E-state index < -0.39 is 6.10 Å². The van der Waals surface area contributed by atoms with Gasteiger partial charge in [0.1, 0.15) is 11.4 Å². The lowest BCUT2D eigenvalue weighted by Crippen LogP contribution is -2.34. The number of hydrogen-bond donors (Lipinski definition) is 2.